The normalized spacial score (nSPS) is 22.9. The lowest BCUT2D eigenvalue weighted by Gasteiger charge is -2.45. The predicted molar refractivity (Wildman–Crippen MR) is 170 cm³/mol. The first-order valence-electron chi connectivity index (χ1n) is 15.7. The summed E-state index contributed by atoms with van der Waals surface area (Å²) in [5.74, 6) is 4.35. The van der Waals surface area contributed by atoms with Crippen molar-refractivity contribution < 1.29 is 14.6 Å². The van der Waals surface area contributed by atoms with E-state index in [9.17, 15) is 9.90 Å². The molecule has 0 radical (unpaired) electrons. The van der Waals surface area contributed by atoms with Crippen molar-refractivity contribution in [3.8, 4) is 11.5 Å². The summed E-state index contributed by atoms with van der Waals surface area (Å²) in [5, 5.41) is 10.7. The van der Waals surface area contributed by atoms with Gasteiger partial charge < -0.3 is 14.7 Å². The summed E-state index contributed by atoms with van der Waals surface area (Å²) in [5.41, 5.74) is 4.28. The molecule has 40 heavy (non-hydrogen) atoms. The molecule has 220 valence electrons. The molecule has 2 aromatic rings. The molecule has 1 aliphatic carbocycles. The highest BCUT2D eigenvalue weighted by atomic mass is 32.1. The highest BCUT2D eigenvalue weighted by Gasteiger charge is 2.38. The van der Waals surface area contributed by atoms with Gasteiger partial charge in [0, 0.05) is 29.8 Å². The number of phenolic OH excluding ortho intramolecular Hbond substituents is 1. The molecule has 1 fully saturated rings. The van der Waals surface area contributed by atoms with E-state index in [1.165, 1.54) is 49.7 Å². The van der Waals surface area contributed by atoms with Crippen LogP contribution in [0.3, 0.4) is 0 Å². The molecule has 0 amide bonds. The number of carbonyl (C=O) groups excluding carboxylic acids is 1. The smallest absolute Gasteiger partial charge is 0.159 e. The standard InChI is InChI=1S/C35H51NO3S/c1-6-9-28-18-31(38)14-16-33(28)30-21-36(34-19-27(24(4)37)13-17-35(34)39-22-30)20-29-12-15-32(29)26(7-2)11-8-10-23(3)25(5)40/h13-14,16-19,23,25-26,29-30,32,38,40H,6-12,15,20-22H2,1-5H3. The Morgan fingerprint density at radius 1 is 1.12 bits per heavy atom. The average Bonchev–Trinajstić information content (AvgIpc) is 3.09. The number of ether oxygens (including phenoxy) is 1. The summed E-state index contributed by atoms with van der Waals surface area (Å²) in [6.07, 6.45) is 9.68. The average molecular weight is 566 g/mol. The third-order valence-corrected chi connectivity index (χ3v) is 10.3. The van der Waals surface area contributed by atoms with Gasteiger partial charge in [-0.2, -0.15) is 12.6 Å². The number of phenols is 1. The molecule has 5 heteroatoms. The van der Waals surface area contributed by atoms with Crippen LogP contribution in [-0.2, 0) is 6.42 Å². The summed E-state index contributed by atoms with van der Waals surface area (Å²) >= 11 is 4.66. The maximum atomic E-state index is 12.3. The van der Waals surface area contributed by atoms with E-state index in [0.717, 1.165) is 54.8 Å². The number of hydrogen-bond donors (Lipinski definition) is 2. The second-order valence-corrected chi connectivity index (χ2v) is 13.4. The Hall–Kier alpha value is -2.14. The summed E-state index contributed by atoms with van der Waals surface area (Å²) in [6, 6.07) is 11.8. The monoisotopic (exact) mass is 565 g/mol. The van der Waals surface area contributed by atoms with Gasteiger partial charge in [0.25, 0.3) is 0 Å². The zero-order valence-corrected chi connectivity index (χ0v) is 26.3. The number of rotatable bonds is 13. The Bertz CT molecular complexity index is 1130. The third-order valence-electron chi connectivity index (χ3n) is 9.79. The molecule has 0 saturated heterocycles. The minimum Gasteiger partial charge on any atom is -0.508 e. The van der Waals surface area contributed by atoms with Crippen molar-refractivity contribution in [1.82, 2.24) is 0 Å². The van der Waals surface area contributed by atoms with Gasteiger partial charge >= 0.3 is 0 Å². The molecule has 2 aromatic carbocycles. The lowest BCUT2D eigenvalue weighted by molar-refractivity contribution is 0.0966. The minimum absolute atomic E-state index is 0.0876. The minimum atomic E-state index is 0.0876. The molecule has 6 atom stereocenters. The second kappa shape index (κ2) is 14.2. The van der Waals surface area contributed by atoms with Gasteiger partial charge in [0.15, 0.2) is 5.78 Å². The molecule has 0 aromatic heterocycles. The summed E-state index contributed by atoms with van der Waals surface area (Å²) in [6.45, 7) is 13.2. The predicted octanol–water partition coefficient (Wildman–Crippen LogP) is 8.71. The van der Waals surface area contributed by atoms with Crippen molar-refractivity contribution in [2.45, 2.75) is 97.2 Å². The van der Waals surface area contributed by atoms with Crippen LogP contribution in [0.1, 0.15) is 107 Å². The first kappa shape index (κ1) is 30.8. The maximum Gasteiger partial charge on any atom is 0.159 e. The molecular formula is C35H51NO3S. The largest absolute Gasteiger partial charge is 0.508 e. The van der Waals surface area contributed by atoms with E-state index in [-0.39, 0.29) is 11.7 Å². The van der Waals surface area contributed by atoms with E-state index in [1.54, 1.807) is 6.92 Å². The van der Waals surface area contributed by atoms with Crippen LogP contribution in [0.15, 0.2) is 36.4 Å². The van der Waals surface area contributed by atoms with E-state index in [1.807, 2.05) is 24.3 Å². The highest BCUT2D eigenvalue weighted by molar-refractivity contribution is 7.80. The molecule has 1 saturated carbocycles. The molecule has 2 aliphatic rings. The van der Waals surface area contributed by atoms with Gasteiger partial charge in [0.2, 0.25) is 0 Å². The van der Waals surface area contributed by atoms with Crippen LogP contribution in [0.4, 0.5) is 5.69 Å². The second-order valence-electron chi connectivity index (χ2n) is 12.6. The number of benzene rings is 2. The van der Waals surface area contributed by atoms with Gasteiger partial charge in [-0.3, -0.25) is 4.79 Å². The van der Waals surface area contributed by atoms with Crippen molar-refractivity contribution in [1.29, 1.82) is 0 Å². The number of fused-ring (bicyclic) bond motifs is 1. The van der Waals surface area contributed by atoms with Crippen molar-refractivity contribution in [3.05, 3.63) is 53.1 Å². The first-order valence-corrected chi connectivity index (χ1v) is 16.3. The molecule has 0 bridgehead atoms. The lowest BCUT2D eigenvalue weighted by Crippen LogP contribution is -2.42. The van der Waals surface area contributed by atoms with Gasteiger partial charge in [0.1, 0.15) is 11.5 Å². The van der Waals surface area contributed by atoms with Crippen molar-refractivity contribution in [2.75, 3.05) is 24.6 Å². The van der Waals surface area contributed by atoms with Crippen molar-refractivity contribution in [2.24, 2.45) is 23.7 Å². The van der Waals surface area contributed by atoms with Gasteiger partial charge in [0.05, 0.1) is 12.3 Å². The SMILES string of the molecule is CCCc1cc(O)ccc1C1COc2ccc(C(C)=O)cc2N(CC2CCC2C(CC)CCCC(C)C(C)S)C1. The van der Waals surface area contributed by atoms with Crippen LogP contribution < -0.4 is 9.64 Å². The Kier molecular flexibility index (Phi) is 10.9. The van der Waals surface area contributed by atoms with Crippen LogP contribution in [0.5, 0.6) is 11.5 Å². The molecule has 1 heterocycles. The molecule has 6 unspecified atom stereocenters. The Morgan fingerprint density at radius 2 is 1.93 bits per heavy atom. The summed E-state index contributed by atoms with van der Waals surface area (Å²) in [7, 11) is 0. The number of aryl methyl sites for hydroxylation is 1. The van der Waals surface area contributed by atoms with Crippen LogP contribution in [0.25, 0.3) is 0 Å². The zero-order valence-electron chi connectivity index (χ0n) is 25.4. The van der Waals surface area contributed by atoms with Crippen LogP contribution >= 0.6 is 12.6 Å². The number of thiol groups is 1. The van der Waals surface area contributed by atoms with Gasteiger partial charge in [-0.25, -0.2) is 0 Å². The van der Waals surface area contributed by atoms with E-state index < -0.39 is 0 Å². The fraction of sp³-hybridized carbons (Fsp3) is 0.629. The molecule has 4 rings (SSSR count). The number of nitrogens with zero attached hydrogens (tertiary/aromatic N) is 1. The Labute approximate surface area is 248 Å². The fourth-order valence-corrected chi connectivity index (χ4v) is 7.09. The molecule has 0 spiro atoms. The number of aromatic hydroxyl groups is 1. The summed E-state index contributed by atoms with van der Waals surface area (Å²) < 4.78 is 6.45. The maximum absolute atomic E-state index is 12.3. The summed E-state index contributed by atoms with van der Waals surface area (Å²) in [4.78, 5) is 14.9. The topological polar surface area (TPSA) is 49.8 Å². The van der Waals surface area contributed by atoms with E-state index in [4.69, 9.17) is 4.74 Å². The van der Waals surface area contributed by atoms with Crippen LogP contribution in [0.2, 0.25) is 0 Å². The number of carbonyl (C=O) groups is 1. The van der Waals surface area contributed by atoms with Gasteiger partial charge in [-0.15, -0.1) is 0 Å². The van der Waals surface area contributed by atoms with E-state index in [2.05, 4.69) is 57.4 Å². The van der Waals surface area contributed by atoms with E-state index >= 15 is 0 Å². The van der Waals surface area contributed by atoms with Gasteiger partial charge in [-0.1, -0.05) is 59.4 Å². The Balaban J connectivity index is 1.56. The van der Waals surface area contributed by atoms with E-state index in [0.29, 0.717) is 29.4 Å². The number of Topliss-reactive ketones (excluding diaryl/α,β-unsaturated/α-hetero) is 1. The molecular weight excluding hydrogens is 514 g/mol. The molecule has 1 N–H and O–H groups in total. The van der Waals surface area contributed by atoms with Crippen LogP contribution in [0, 0.1) is 23.7 Å². The van der Waals surface area contributed by atoms with Crippen molar-refractivity contribution >= 4 is 24.1 Å². The molecule has 4 nitrogen and oxygen atoms in total. The fourth-order valence-electron chi connectivity index (χ4n) is 6.94. The van der Waals surface area contributed by atoms with Crippen molar-refractivity contribution in [3.63, 3.8) is 0 Å². The zero-order chi connectivity index (χ0) is 28.8. The lowest BCUT2D eigenvalue weighted by atomic mass is 9.64. The first-order chi connectivity index (χ1) is 19.2. The highest BCUT2D eigenvalue weighted by Crippen LogP contribution is 2.46. The third kappa shape index (κ3) is 7.38. The van der Waals surface area contributed by atoms with Crippen LogP contribution in [-0.4, -0.2) is 35.8 Å². The number of ketones is 1. The Morgan fingerprint density at radius 3 is 2.58 bits per heavy atom. The number of anilines is 1. The number of hydrogen-bond acceptors (Lipinski definition) is 5. The molecule has 1 aliphatic heterocycles. The van der Waals surface area contributed by atoms with Gasteiger partial charge in [-0.05, 0) is 97.7 Å². The quantitative estimate of drug-likeness (QED) is 0.188.